The third-order valence-corrected chi connectivity index (χ3v) is 4.51. The number of imidazole rings is 1. The van der Waals surface area contributed by atoms with Gasteiger partial charge in [-0.25, -0.2) is 9.78 Å². The van der Waals surface area contributed by atoms with Crippen molar-refractivity contribution in [1.82, 2.24) is 15.3 Å². The number of Topliss-reactive ketones (excluding diaryl/α,β-unsaturated/α-hetero) is 1. The molecular weight excluding hydrogens is 374 g/mol. The fourth-order valence-electron chi connectivity index (χ4n) is 3.02. The largest absolute Gasteiger partial charge is 0.480 e. The minimum atomic E-state index is -1.17. The molecule has 8 heteroatoms. The molecule has 0 spiro atoms. The maximum atomic E-state index is 12.9. The molecule has 2 atom stereocenters. The molecule has 29 heavy (non-hydrogen) atoms. The molecule has 3 N–H and O–H groups in total. The molecule has 0 aliphatic carbocycles. The van der Waals surface area contributed by atoms with Crippen molar-refractivity contribution in [2.75, 3.05) is 0 Å². The van der Waals surface area contributed by atoms with Gasteiger partial charge in [-0.15, -0.1) is 0 Å². The van der Waals surface area contributed by atoms with Crippen LogP contribution in [-0.4, -0.2) is 38.8 Å². The first-order chi connectivity index (χ1) is 14.0. The predicted octanol–water partition coefficient (Wildman–Crippen LogP) is 2.25. The van der Waals surface area contributed by atoms with E-state index in [4.69, 9.17) is 4.42 Å². The lowest BCUT2D eigenvalue weighted by Gasteiger charge is -2.19. The summed E-state index contributed by atoms with van der Waals surface area (Å²) in [6, 6.07) is 11.2. The maximum absolute atomic E-state index is 12.9. The van der Waals surface area contributed by atoms with Crippen molar-refractivity contribution in [2.24, 2.45) is 5.92 Å². The van der Waals surface area contributed by atoms with Crippen molar-refractivity contribution in [3.8, 4) is 0 Å². The van der Waals surface area contributed by atoms with Gasteiger partial charge in [0.1, 0.15) is 6.04 Å². The molecule has 0 aliphatic heterocycles. The number of H-pyrrole nitrogens is 1. The first-order valence-electron chi connectivity index (χ1n) is 9.14. The van der Waals surface area contributed by atoms with E-state index >= 15 is 0 Å². The molecule has 1 amide bonds. The number of rotatable bonds is 10. The van der Waals surface area contributed by atoms with Crippen molar-refractivity contribution in [3.63, 3.8) is 0 Å². The lowest BCUT2D eigenvalue weighted by atomic mass is 9.92. The van der Waals surface area contributed by atoms with Crippen molar-refractivity contribution < 1.29 is 23.9 Å². The van der Waals surface area contributed by atoms with Gasteiger partial charge in [0.15, 0.2) is 11.5 Å². The van der Waals surface area contributed by atoms with E-state index in [1.165, 1.54) is 18.7 Å². The second kappa shape index (κ2) is 9.50. The second-order valence-corrected chi connectivity index (χ2v) is 6.66. The van der Waals surface area contributed by atoms with E-state index in [9.17, 15) is 19.5 Å². The average Bonchev–Trinajstić information content (AvgIpc) is 3.41. The summed E-state index contributed by atoms with van der Waals surface area (Å²) in [4.78, 5) is 43.8. The van der Waals surface area contributed by atoms with Gasteiger partial charge in [0.05, 0.1) is 18.3 Å². The van der Waals surface area contributed by atoms with Crippen molar-refractivity contribution in [2.45, 2.75) is 25.3 Å². The number of amides is 1. The lowest BCUT2D eigenvalue weighted by molar-refractivity contribution is -0.142. The highest BCUT2D eigenvalue weighted by Gasteiger charge is 2.28. The van der Waals surface area contributed by atoms with Gasteiger partial charge in [0.25, 0.3) is 0 Å². The number of carboxylic acid groups (broad SMARTS) is 1. The summed E-state index contributed by atoms with van der Waals surface area (Å²) in [5, 5.41) is 12.0. The number of hydrogen-bond acceptors (Lipinski definition) is 5. The molecule has 0 bridgehead atoms. The second-order valence-electron chi connectivity index (χ2n) is 6.66. The minimum Gasteiger partial charge on any atom is -0.480 e. The summed E-state index contributed by atoms with van der Waals surface area (Å²) < 4.78 is 5.13. The predicted molar refractivity (Wildman–Crippen MR) is 103 cm³/mol. The Balaban J connectivity index is 1.74. The van der Waals surface area contributed by atoms with Gasteiger partial charge in [0.2, 0.25) is 5.91 Å². The maximum Gasteiger partial charge on any atom is 0.326 e. The van der Waals surface area contributed by atoms with Crippen LogP contribution in [0.2, 0.25) is 0 Å². The van der Waals surface area contributed by atoms with Crippen molar-refractivity contribution in [1.29, 1.82) is 0 Å². The number of furan rings is 1. The van der Waals surface area contributed by atoms with E-state index in [-0.39, 0.29) is 24.4 Å². The number of aromatic nitrogens is 2. The lowest BCUT2D eigenvalue weighted by Crippen LogP contribution is -2.45. The number of nitrogens with one attached hydrogen (secondary N) is 2. The molecule has 0 saturated carbocycles. The number of nitrogens with zero attached hydrogens (tertiary/aromatic N) is 1. The van der Waals surface area contributed by atoms with Crippen LogP contribution < -0.4 is 5.32 Å². The number of hydrogen-bond donors (Lipinski definition) is 3. The van der Waals surface area contributed by atoms with Crippen LogP contribution in [0, 0.1) is 5.92 Å². The molecule has 3 rings (SSSR count). The number of carbonyl (C=O) groups is 3. The SMILES string of the molecule is O=C(CC(Cc1ccccc1)C(=O)N[C@@H](Cc1c[nH]cn1)C(=O)O)c1ccco1. The first kappa shape index (κ1) is 20.1. The number of benzene rings is 1. The van der Waals surface area contributed by atoms with Crippen LogP contribution in [0.1, 0.15) is 28.2 Å². The summed E-state index contributed by atoms with van der Waals surface area (Å²) in [6.45, 7) is 0. The zero-order valence-electron chi connectivity index (χ0n) is 15.6. The molecule has 0 fully saturated rings. The van der Waals surface area contributed by atoms with E-state index in [1.807, 2.05) is 30.3 Å². The van der Waals surface area contributed by atoms with E-state index < -0.39 is 23.8 Å². The Morgan fingerprint density at radius 1 is 1.10 bits per heavy atom. The molecule has 8 nitrogen and oxygen atoms in total. The number of aliphatic carboxylic acids is 1. The van der Waals surface area contributed by atoms with E-state index in [1.54, 1.807) is 12.3 Å². The highest BCUT2D eigenvalue weighted by atomic mass is 16.4. The van der Waals surface area contributed by atoms with Gasteiger partial charge >= 0.3 is 5.97 Å². The summed E-state index contributed by atoms with van der Waals surface area (Å²) >= 11 is 0. The fourth-order valence-corrected chi connectivity index (χ4v) is 3.02. The summed E-state index contributed by atoms with van der Waals surface area (Å²) in [7, 11) is 0. The molecule has 1 unspecified atom stereocenters. The van der Waals surface area contributed by atoms with Crippen LogP contribution in [0.3, 0.4) is 0 Å². The van der Waals surface area contributed by atoms with Crippen LogP contribution in [0.5, 0.6) is 0 Å². The Kier molecular flexibility index (Phi) is 6.57. The van der Waals surface area contributed by atoms with E-state index in [2.05, 4.69) is 15.3 Å². The van der Waals surface area contributed by atoms with Gasteiger partial charge in [-0.1, -0.05) is 30.3 Å². The van der Waals surface area contributed by atoms with Crippen LogP contribution >= 0.6 is 0 Å². The Bertz CT molecular complexity index is 936. The van der Waals surface area contributed by atoms with Gasteiger partial charge in [-0.05, 0) is 24.1 Å². The van der Waals surface area contributed by atoms with Gasteiger partial charge in [-0.3, -0.25) is 9.59 Å². The molecule has 0 aliphatic rings. The quantitative estimate of drug-likeness (QED) is 0.452. The molecule has 1 aromatic carbocycles. The van der Waals surface area contributed by atoms with Gasteiger partial charge < -0.3 is 19.8 Å². The molecule has 2 heterocycles. The average molecular weight is 395 g/mol. The number of carbonyl (C=O) groups excluding carboxylic acids is 2. The highest BCUT2D eigenvalue weighted by Crippen LogP contribution is 2.17. The Morgan fingerprint density at radius 2 is 1.90 bits per heavy atom. The molecule has 0 radical (unpaired) electrons. The number of ketones is 1. The van der Waals surface area contributed by atoms with Crippen LogP contribution in [0.4, 0.5) is 0 Å². The van der Waals surface area contributed by atoms with Crippen LogP contribution in [0.15, 0.2) is 65.7 Å². The topological polar surface area (TPSA) is 125 Å². The standard InChI is InChI=1S/C21H21N3O5/c25-18(19-7-4-8-29-19)10-15(9-14-5-2-1-3-6-14)20(26)24-17(21(27)28)11-16-12-22-13-23-16/h1-8,12-13,15,17H,9-11H2,(H,22,23)(H,24,26)(H,27,28)/t15?,17-/m0/s1. The Morgan fingerprint density at radius 3 is 2.52 bits per heavy atom. The number of carboxylic acids is 1. The van der Waals surface area contributed by atoms with E-state index in [0.29, 0.717) is 12.1 Å². The summed E-state index contributed by atoms with van der Waals surface area (Å²) in [6.07, 6.45) is 4.65. The minimum absolute atomic E-state index is 0.0365. The Hall–Kier alpha value is -3.68. The fraction of sp³-hybridized carbons (Fsp3) is 0.238. The van der Waals surface area contributed by atoms with Crippen molar-refractivity contribution in [3.05, 3.63) is 78.3 Å². The molecule has 150 valence electrons. The third kappa shape index (κ3) is 5.65. The highest BCUT2D eigenvalue weighted by molar-refractivity contribution is 5.97. The summed E-state index contributed by atoms with van der Waals surface area (Å²) in [5.74, 6) is -2.56. The van der Waals surface area contributed by atoms with E-state index in [0.717, 1.165) is 5.56 Å². The number of aromatic amines is 1. The molecular formula is C21H21N3O5. The normalized spacial score (nSPS) is 12.8. The van der Waals surface area contributed by atoms with Crippen LogP contribution in [-0.2, 0) is 22.4 Å². The monoisotopic (exact) mass is 395 g/mol. The summed E-state index contributed by atoms with van der Waals surface area (Å²) in [5.41, 5.74) is 1.39. The first-order valence-corrected chi connectivity index (χ1v) is 9.14. The van der Waals surface area contributed by atoms with Crippen LogP contribution in [0.25, 0.3) is 0 Å². The van der Waals surface area contributed by atoms with Gasteiger partial charge in [0, 0.05) is 25.0 Å². The molecule has 3 aromatic rings. The zero-order chi connectivity index (χ0) is 20.6. The Labute approximate surface area is 167 Å². The zero-order valence-corrected chi connectivity index (χ0v) is 15.6. The molecule has 2 aromatic heterocycles. The van der Waals surface area contributed by atoms with Crippen molar-refractivity contribution >= 4 is 17.7 Å². The van der Waals surface area contributed by atoms with Gasteiger partial charge in [-0.2, -0.15) is 0 Å². The molecule has 0 saturated heterocycles. The third-order valence-electron chi connectivity index (χ3n) is 4.51. The smallest absolute Gasteiger partial charge is 0.326 e.